The van der Waals surface area contributed by atoms with Crippen LogP contribution in [0.3, 0.4) is 0 Å². The molecule has 5 atom stereocenters. The number of hydrogen-bond acceptors (Lipinski definition) is 15. The van der Waals surface area contributed by atoms with Crippen LogP contribution >= 0.6 is 15.6 Å². The molecule has 0 rings (SSSR count). The first-order valence-electron chi connectivity index (χ1n) is 40.1. The van der Waals surface area contributed by atoms with Crippen molar-refractivity contribution in [3.8, 4) is 0 Å². The first-order chi connectivity index (χ1) is 46.5. The average Bonchev–Trinajstić information content (AvgIpc) is 1.43. The lowest BCUT2D eigenvalue weighted by Crippen LogP contribution is -2.30. The Labute approximate surface area is 588 Å². The number of aliphatic hydroxyl groups is 1. The second kappa shape index (κ2) is 70.1. The van der Waals surface area contributed by atoms with E-state index < -0.39 is 97.5 Å². The summed E-state index contributed by atoms with van der Waals surface area (Å²) < 4.78 is 68.5. The lowest BCUT2D eigenvalue weighted by Gasteiger charge is -2.21. The molecule has 0 heterocycles. The predicted molar refractivity (Wildman–Crippen MR) is 391 cm³/mol. The summed E-state index contributed by atoms with van der Waals surface area (Å²) in [6.45, 7) is 7.22. The summed E-state index contributed by atoms with van der Waals surface area (Å²) in [5, 5.41) is 10.6. The maximum atomic E-state index is 13.1. The smallest absolute Gasteiger partial charge is 0.462 e. The van der Waals surface area contributed by atoms with Gasteiger partial charge in [0.05, 0.1) is 26.4 Å². The van der Waals surface area contributed by atoms with Gasteiger partial charge in [0.1, 0.15) is 19.3 Å². The molecule has 0 fully saturated rings. The highest BCUT2D eigenvalue weighted by atomic mass is 31.2. The topological polar surface area (TPSA) is 237 Å². The number of rotatable bonds is 77. The number of phosphoric acid groups is 2. The Morgan fingerprint density at radius 2 is 0.479 bits per heavy atom. The summed E-state index contributed by atoms with van der Waals surface area (Å²) in [6.07, 6.45) is 59.8. The molecule has 0 saturated carbocycles. The number of phosphoric ester groups is 2. The summed E-state index contributed by atoms with van der Waals surface area (Å²) in [4.78, 5) is 72.8. The number of carbonyl (C=O) groups excluding carboxylic acids is 4. The third-order valence-corrected chi connectivity index (χ3v) is 19.9. The third kappa shape index (κ3) is 70.5. The molecule has 0 bridgehead atoms. The van der Waals surface area contributed by atoms with E-state index in [1.54, 1.807) is 0 Å². The monoisotopic (exact) mass is 1410 g/mol. The predicted octanol–water partition coefficient (Wildman–Crippen LogP) is 22.9. The lowest BCUT2D eigenvalue weighted by molar-refractivity contribution is -0.161. The summed E-state index contributed by atoms with van der Waals surface area (Å²) in [6, 6.07) is 0. The molecule has 0 aliphatic heterocycles. The largest absolute Gasteiger partial charge is 0.472 e. The summed E-state index contributed by atoms with van der Waals surface area (Å²) >= 11 is 0. The van der Waals surface area contributed by atoms with Gasteiger partial charge in [-0.25, -0.2) is 9.13 Å². The van der Waals surface area contributed by atoms with Crippen LogP contribution in [-0.2, 0) is 65.4 Å². The van der Waals surface area contributed by atoms with Crippen LogP contribution in [0.15, 0.2) is 0 Å². The molecule has 0 aromatic carbocycles. The van der Waals surface area contributed by atoms with E-state index in [9.17, 15) is 43.2 Å². The molecule has 17 nitrogen and oxygen atoms in total. The van der Waals surface area contributed by atoms with Gasteiger partial charge in [0.25, 0.3) is 0 Å². The molecular weight excluding hydrogens is 1260 g/mol. The molecule has 19 heteroatoms. The summed E-state index contributed by atoms with van der Waals surface area (Å²) in [5.74, 6) is -1.43. The van der Waals surface area contributed by atoms with Crippen molar-refractivity contribution in [2.45, 2.75) is 425 Å². The zero-order valence-electron chi connectivity index (χ0n) is 62.5. The molecule has 0 spiro atoms. The lowest BCUT2D eigenvalue weighted by atomic mass is 10.0. The molecular formula is C77H150O17P2. The van der Waals surface area contributed by atoms with Gasteiger partial charge in [0.2, 0.25) is 0 Å². The molecule has 3 N–H and O–H groups in total. The van der Waals surface area contributed by atoms with E-state index in [-0.39, 0.29) is 25.7 Å². The van der Waals surface area contributed by atoms with E-state index in [0.717, 1.165) is 96.3 Å². The minimum Gasteiger partial charge on any atom is -0.462 e. The van der Waals surface area contributed by atoms with Crippen LogP contribution in [0.1, 0.15) is 407 Å². The SMILES string of the molecule is CCCCCCCCCCCCCCCCCCCCCC(=O)O[C@H](COC(=O)CCCCCCCCCCCCCCCCCC)COP(=O)(O)OC[C@@H](O)COP(=O)(O)OC[C@@H](COC(=O)CCCCCCCCC(C)C)OC(=O)CCCCCCCCCCCCCC. The van der Waals surface area contributed by atoms with E-state index in [1.165, 1.54) is 225 Å². The van der Waals surface area contributed by atoms with Crippen LogP contribution in [0, 0.1) is 5.92 Å². The Kier molecular flexibility index (Phi) is 68.7. The maximum Gasteiger partial charge on any atom is 0.472 e. The third-order valence-electron chi connectivity index (χ3n) is 18.0. The quantitative estimate of drug-likeness (QED) is 0.0222. The van der Waals surface area contributed by atoms with Gasteiger partial charge >= 0.3 is 39.5 Å². The Balaban J connectivity index is 5.21. The molecule has 0 aromatic heterocycles. The van der Waals surface area contributed by atoms with Gasteiger partial charge in [-0.15, -0.1) is 0 Å². The van der Waals surface area contributed by atoms with E-state index in [4.69, 9.17) is 37.0 Å². The fraction of sp³-hybridized carbons (Fsp3) is 0.948. The van der Waals surface area contributed by atoms with Gasteiger partial charge in [-0.05, 0) is 31.6 Å². The molecule has 96 heavy (non-hydrogen) atoms. The molecule has 0 aliphatic rings. The first-order valence-corrected chi connectivity index (χ1v) is 43.1. The minimum absolute atomic E-state index is 0.107. The zero-order chi connectivity index (χ0) is 70.5. The fourth-order valence-electron chi connectivity index (χ4n) is 11.9. The summed E-state index contributed by atoms with van der Waals surface area (Å²) in [5.41, 5.74) is 0. The first kappa shape index (κ1) is 94.1. The number of ether oxygens (including phenoxy) is 4. The van der Waals surface area contributed by atoms with Gasteiger partial charge in [-0.3, -0.25) is 37.3 Å². The highest BCUT2D eigenvalue weighted by Gasteiger charge is 2.30. The van der Waals surface area contributed by atoms with Crippen LogP contribution in [0.4, 0.5) is 0 Å². The van der Waals surface area contributed by atoms with Crippen molar-refractivity contribution in [3.05, 3.63) is 0 Å². The number of hydrogen-bond donors (Lipinski definition) is 3. The molecule has 0 radical (unpaired) electrons. The van der Waals surface area contributed by atoms with Crippen LogP contribution in [-0.4, -0.2) is 96.7 Å². The second-order valence-corrected chi connectivity index (χ2v) is 31.1. The number of unbranched alkanes of at least 4 members (excludes halogenated alkanes) is 49. The summed E-state index contributed by atoms with van der Waals surface area (Å²) in [7, 11) is -9.91. The van der Waals surface area contributed by atoms with Gasteiger partial charge in [0.15, 0.2) is 12.2 Å². The van der Waals surface area contributed by atoms with Gasteiger partial charge in [-0.2, -0.15) is 0 Å². The van der Waals surface area contributed by atoms with Crippen molar-refractivity contribution < 1.29 is 80.2 Å². The Bertz CT molecular complexity index is 1840. The van der Waals surface area contributed by atoms with E-state index in [1.807, 2.05) is 0 Å². The standard InChI is InChI=1S/C77H150O17P2/c1-6-9-12-15-18-21-24-27-29-31-32-33-35-37-40-43-46-53-58-63-77(82)93-72(66-87-74(79)60-55-50-44-41-39-36-34-30-28-25-22-19-16-13-10-7-2)68-91-95(83,84)89-64-71(78)65-90-96(85,86)92-69-73(67-88-75(80)61-56-51-48-47-49-54-59-70(4)5)94-76(81)62-57-52-45-42-38-26-23-20-17-14-11-8-3/h70-73,78H,6-69H2,1-5H3,(H,83,84)(H,85,86)/t71-,72-,73-/m1/s1. The van der Waals surface area contributed by atoms with Crippen molar-refractivity contribution in [3.63, 3.8) is 0 Å². The fourth-order valence-corrected chi connectivity index (χ4v) is 13.5. The Morgan fingerprint density at radius 1 is 0.281 bits per heavy atom. The molecule has 2 unspecified atom stereocenters. The van der Waals surface area contributed by atoms with Crippen molar-refractivity contribution in [2.75, 3.05) is 39.6 Å². The van der Waals surface area contributed by atoms with Crippen LogP contribution in [0.2, 0.25) is 0 Å². The molecule has 0 amide bonds. The van der Waals surface area contributed by atoms with Gasteiger partial charge in [-0.1, -0.05) is 356 Å². The van der Waals surface area contributed by atoms with Crippen molar-refractivity contribution in [1.29, 1.82) is 0 Å². The number of aliphatic hydroxyl groups excluding tert-OH is 1. The minimum atomic E-state index is -4.96. The van der Waals surface area contributed by atoms with Crippen LogP contribution in [0.5, 0.6) is 0 Å². The van der Waals surface area contributed by atoms with Crippen molar-refractivity contribution >= 4 is 39.5 Å². The van der Waals surface area contributed by atoms with E-state index >= 15 is 0 Å². The number of esters is 4. The Hall–Kier alpha value is -1.94. The van der Waals surface area contributed by atoms with Gasteiger partial charge in [0, 0.05) is 25.7 Å². The van der Waals surface area contributed by atoms with Crippen LogP contribution < -0.4 is 0 Å². The highest BCUT2D eigenvalue weighted by Crippen LogP contribution is 2.45. The molecule has 0 aromatic rings. The van der Waals surface area contributed by atoms with E-state index in [2.05, 4.69) is 34.6 Å². The van der Waals surface area contributed by atoms with Crippen molar-refractivity contribution in [1.82, 2.24) is 0 Å². The molecule has 0 saturated heterocycles. The van der Waals surface area contributed by atoms with Crippen LogP contribution in [0.25, 0.3) is 0 Å². The van der Waals surface area contributed by atoms with Gasteiger partial charge < -0.3 is 33.8 Å². The normalized spacial score (nSPS) is 13.9. The average molecular weight is 1410 g/mol. The molecule has 0 aliphatic carbocycles. The zero-order valence-corrected chi connectivity index (χ0v) is 64.3. The highest BCUT2D eigenvalue weighted by molar-refractivity contribution is 7.47. The number of carbonyl (C=O) groups is 4. The second-order valence-electron chi connectivity index (χ2n) is 28.2. The maximum absolute atomic E-state index is 13.1. The van der Waals surface area contributed by atoms with E-state index in [0.29, 0.717) is 31.6 Å². The van der Waals surface area contributed by atoms with Crippen molar-refractivity contribution in [2.24, 2.45) is 5.92 Å². The Morgan fingerprint density at radius 3 is 0.708 bits per heavy atom. The molecule has 570 valence electrons.